The maximum Gasteiger partial charge on any atom is 0.315 e. The normalized spacial score (nSPS) is 16.7. The number of nitrogens with zero attached hydrogens (tertiary/aromatic N) is 1. The van der Waals surface area contributed by atoms with E-state index in [-0.39, 0.29) is 24.1 Å². The summed E-state index contributed by atoms with van der Waals surface area (Å²) in [6.07, 6.45) is 0.471. The fraction of sp³-hybridized carbons (Fsp3) is 0.263. The third-order valence-corrected chi connectivity index (χ3v) is 4.33. The number of aryl methyl sites for hydroxylation is 1. The summed E-state index contributed by atoms with van der Waals surface area (Å²) in [5, 5.41) is 5.29. The molecule has 7 heteroatoms. The molecule has 26 heavy (non-hydrogen) atoms. The van der Waals surface area contributed by atoms with Crippen LogP contribution in [0.25, 0.3) is 0 Å². The first-order chi connectivity index (χ1) is 12.4. The minimum atomic E-state index is -0.631. The molecule has 0 radical (unpaired) electrons. The minimum Gasteiger partial charge on any atom is -0.334 e. The van der Waals surface area contributed by atoms with Crippen LogP contribution in [0.4, 0.5) is 19.3 Å². The van der Waals surface area contributed by atoms with Crippen molar-refractivity contribution in [2.45, 2.75) is 25.9 Å². The standard InChI is InChI=1S/C19H19F2N3O2/c1-12-10-15(6-7-16(12)21)24-9-8-17(18(24)25)23-19(26)22-11-13-2-4-14(20)5-3-13/h2-7,10,17H,8-9,11H2,1H3,(H2,22,23,26). The van der Waals surface area contributed by atoms with Gasteiger partial charge in [-0.25, -0.2) is 13.6 Å². The molecule has 3 amide bonds. The largest absolute Gasteiger partial charge is 0.334 e. The molecule has 1 heterocycles. The van der Waals surface area contributed by atoms with E-state index in [1.54, 1.807) is 31.2 Å². The Labute approximate surface area is 150 Å². The molecule has 0 bridgehead atoms. The van der Waals surface area contributed by atoms with Gasteiger partial charge in [-0.1, -0.05) is 12.1 Å². The summed E-state index contributed by atoms with van der Waals surface area (Å²) < 4.78 is 26.2. The van der Waals surface area contributed by atoms with Crippen molar-refractivity contribution in [3.8, 4) is 0 Å². The van der Waals surface area contributed by atoms with Crippen LogP contribution in [0.2, 0.25) is 0 Å². The Kier molecular flexibility index (Phi) is 5.16. The van der Waals surface area contributed by atoms with Crippen LogP contribution < -0.4 is 15.5 Å². The fourth-order valence-electron chi connectivity index (χ4n) is 2.86. The molecule has 1 fully saturated rings. The Morgan fingerprint density at radius 3 is 2.62 bits per heavy atom. The van der Waals surface area contributed by atoms with E-state index in [1.165, 1.54) is 23.1 Å². The van der Waals surface area contributed by atoms with Gasteiger partial charge in [0.2, 0.25) is 5.91 Å². The molecular weight excluding hydrogens is 340 g/mol. The molecule has 1 saturated heterocycles. The summed E-state index contributed by atoms with van der Waals surface area (Å²) in [4.78, 5) is 26.0. The smallest absolute Gasteiger partial charge is 0.315 e. The Morgan fingerprint density at radius 1 is 1.19 bits per heavy atom. The first-order valence-electron chi connectivity index (χ1n) is 8.30. The van der Waals surface area contributed by atoms with Crippen LogP contribution >= 0.6 is 0 Å². The van der Waals surface area contributed by atoms with Crippen molar-refractivity contribution < 1.29 is 18.4 Å². The molecule has 2 N–H and O–H groups in total. The summed E-state index contributed by atoms with van der Waals surface area (Å²) in [5.74, 6) is -0.894. The van der Waals surface area contributed by atoms with Crippen LogP contribution in [-0.2, 0) is 11.3 Å². The van der Waals surface area contributed by atoms with Gasteiger partial charge in [0.15, 0.2) is 0 Å². The van der Waals surface area contributed by atoms with Gasteiger partial charge in [0.05, 0.1) is 0 Å². The van der Waals surface area contributed by atoms with E-state index < -0.39 is 12.1 Å². The number of carbonyl (C=O) groups excluding carboxylic acids is 2. The lowest BCUT2D eigenvalue weighted by Crippen LogP contribution is -2.45. The molecule has 136 valence electrons. The highest BCUT2D eigenvalue weighted by molar-refractivity contribution is 6.01. The van der Waals surface area contributed by atoms with Gasteiger partial charge in [0, 0.05) is 18.8 Å². The Hall–Kier alpha value is -2.96. The Morgan fingerprint density at radius 2 is 1.92 bits per heavy atom. The molecule has 5 nitrogen and oxygen atoms in total. The quantitative estimate of drug-likeness (QED) is 0.882. The second-order valence-electron chi connectivity index (χ2n) is 6.22. The molecular formula is C19H19F2N3O2. The lowest BCUT2D eigenvalue weighted by Gasteiger charge is -2.18. The van der Waals surface area contributed by atoms with E-state index in [9.17, 15) is 18.4 Å². The molecule has 3 rings (SSSR count). The van der Waals surface area contributed by atoms with Gasteiger partial charge in [0.25, 0.3) is 0 Å². The van der Waals surface area contributed by atoms with Gasteiger partial charge in [-0.15, -0.1) is 0 Å². The third kappa shape index (κ3) is 3.99. The van der Waals surface area contributed by atoms with Crippen LogP contribution in [0.1, 0.15) is 17.5 Å². The van der Waals surface area contributed by atoms with Crippen molar-refractivity contribution in [1.29, 1.82) is 0 Å². The predicted octanol–water partition coefficient (Wildman–Crippen LogP) is 2.88. The molecule has 1 aliphatic rings. The first-order valence-corrected chi connectivity index (χ1v) is 8.30. The van der Waals surface area contributed by atoms with E-state index >= 15 is 0 Å². The SMILES string of the molecule is Cc1cc(N2CCC(NC(=O)NCc3ccc(F)cc3)C2=O)ccc1F. The molecule has 2 aromatic carbocycles. The maximum atomic E-state index is 13.4. The van der Waals surface area contributed by atoms with Crippen LogP contribution in [0.5, 0.6) is 0 Å². The van der Waals surface area contributed by atoms with Gasteiger partial charge in [-0.2, -0.15) is 0 Å². The predicted molar refractivity (Wildman–Crippen MR) is 93.7 cm³/mol. The second-order valence-corrected chi connectivity index (χ2v) is 6.22. The molecule has 1 aliphatic heterocycles. The summed E-state index contributed by atoms with van der Waals surface area (Å²) in [7, 11) is 0. The van der Waals surface area contributed by atoms with Gasteiger partial charge in [-0.3, -0.25) is 4.79 Å². The van der Waals surface area contributed by atoms with E-state index in [0.717, 1.165) is 5.56 Å². The number of rotatable bonds is 4. The molecule has 1 atom stereocenters. The molecule has 0 aromatic heterocycles. The maximum absolute atomic E-state index is 13.4. The zero-order valence-electron chi connectivity index (χ0n) is 14.3. The number of benzene rings is 2. The van der Waals surface area contributed by atoms with E-state index in [2.05, 4.69) is 10.6 Å². The van der Waals surface area contributed by atoms with Crippen LogP contribution in [0.15, 0.2) is 42.5 Å². The zero-order valence-corrected chi connectivity index (χ0v) is 14.3. The van der Waals surface area contributed by atoms with Crippen molar-refractivity contribution >= 4 is 17.6 Å². The second kappa shape index (κ2) is 7.51. The topological polar surface area (TPSA) is 61.4 Å². The Balaban J connectivity index is 1.55. The number of carbonyl (C=O) groups is 2. The minimum absolute atomic E-state index is 0.229. The Bertz CT molecular complexity index is 824. The number of halogens is 2. The fourth-order valence-corrected chi connectivity index (χ4v) is 2.86. The third-order valence-electron chi connectivity index (χ3n) is 4.33. The zero-order chi connectivity index (χ0) is 18.7. The van der Waals surface area contributed by atoms with E-state index in [1.807, 2.05) is 0 Å². The van der Waals surface area contributed by atoms with Gasteiger partial charge >= 0.3 is 6.03 Å². The number of amides is 3. The van der Waals surface area contributed by atoms with Crippen molar-refractivity contribution in [2.24, 2.45) is 0 Å². The van der Waals surface area contributed by atoms with E-state index in [0.29, 0.717) is 24.2 Å². The van der Waals surface area contributed by atoms with Crippen LogP contribution in [-0.4, -0.2) is 24.5 Å². The van der Waals surface area contributed by atoms with Gasteiger partial charge in [-0.05, 0) is 54.8 Å². The van der Waals surface area contributed by atoms with Crippen molar-refractivity contribution in [2.75, 3.05) is 11.4 Å². The van der Waals surface area contributed by atoms with E-state index in [4.69, 9.17) is 0 Å². The number of anilines is 1. The molecule has 0 spiro atoms. The molecule has 1 unspecified atom stereocenters. The number of hydrogen-bond donors (Lipinski definition) is 2. The van der Waals surface area contributed by atoms with Gasteiger partial charge in [0.1, 0.15) is 17.7 Å². The highest BCUT2D eigenvalue weighted by Crippen LogP contribution is 2.23. The first kappa shape index (κ1) is 17.8. The average Bonchev–Trinajstić information content (AvgIpc) is 2.97. The summed E-state index contributed by atoms with van der Waals surface area (Å²) >= 11 is 0. The lowest BCUT2D eigenvalue weighted by molar-refractivity contribution is -0.118. The highest BCUT2D eigenvalue weighted by Gasteiger charge is 2.33. The monoisotopic (exact) mass is 359 g/mol. The summed E-state index contributed by atoms with van der Waals surface area (Å²) in [6, 6.07) is 9.19. The van der Waals surface area contributed by atoms with Crippen molar-refractivity contribution in [3.63, 3.8) is 0 Å². The summed E-state index contributed by atoms with van der Waals surface area (Å²) in [5.41, 5.74) is 1.83. The van der Waals surface area contributed by atoms with Crippen LogP contribution in [0.3, 0.4) is 0 Å². The van der Waals surface area contributed by atoms with Gasteiger partial charge < -0.3 is 15.5 Å². The van der Waals surface area contributed by atoms with Crippen molar-refractivity contribution in [3.05, 3.63) is 65.2 Å². The molecule has 0 saturated carbocycles. The van der Waals surface area contributed by atoms with Crippen LogP contribution in [0, 0.1) is 18.6 Å². The number of urea groups is 1. The summed E-state index contributed by atoms with van der Waals surface area (Å²) in [6.45, 7) is 2.32. The number of hydrogen-bond acceptors (Lipinski definition) is 2. The lowest BCUT2D eigenvalue weighted by atomic mass is 10.2. The molecule has 0 aliphatic carbocycles. The van der Waals surface area contributed by atoms with Crippen molar-refractivity contribution in [1.82, 2.24) is 10.6 Å². The molecule has 2 aromatic rings. The number of nitrogens with one attached hydrogen (secondary N) is 2. The average molecular weight is 359 g/mol. The highest BCUT2D eigenvalue weighted by atomic mass is 19.1.